The summed E-state index contributed by atoms with van der Waals surface area (Å²) in [5.74, 6) is 0. The molecule has 1 aliphatic rings. The van der Waals surface area contributed by atoms with Crippen molar-refractivity contribution in [1.82, 2.24) is 9.61 Å². The molecule has 9 aromatic rings. The SMILES string of the molecule is Cc1c(-c2ccccc2)nn2c(-c3ccccc3)cc3ccc(N(c4ccc(-c5ccccc5)cc4)c4ccc5c(c4)C(C)(C)c4ccccc4-5)cc3c12. The van der Waals surface area contributed by atoms with Gasteiger partial charge in [0, 0.05) is 44.6 Å². The molecular weight excluding hydrogens is 655 g/mol. The van der Waals surface area contributed by atoms with Crippen molar-refractivity contribution in [3.63, 3.8) is 0 Å². The number of hydrogen-bond acceptors (Lipinski definition) is 2. The molecule has 0 atom stereocenters. The van der Waals surface area contributed by atoms with E-state index in [9.17, 15) is 0 Å². The number of aryl methyl sites for hydroxylation is 1. The molecular formula is C51H39N3. The highest BCUT2D eigenvalue weighted by molar-refractivity contribution is 6.04. The molecule has 0 radical (unpaired) electrons. The number of hydrogen-bond donors (Lipinski definition) is 0. The van der Waals surface area contributed by atoms with Crippen molar-refractivity contribution in [2.24, 2.45) is 0 Å². The molecule has 7 aromatic carbocycles. The van der Waals surface area contributed by atoms with Crippen LogP contribution in [0.1, 0.15) is 30.5 Å². The van der Waals surface area contributed by atoms with E-state index in [0.717, 1.165) is 50.7 Å². The van der Waals surface area contributed by atoms with Gasteiger partial charge in [-0.1, -0.05) is 153 Å². The first-order valence-corrected chi connectivity index (χ1v) is 18.7. The fraction of sp³-hybridized carbons (Fsp3) is 0.0784. The van der Waals surface area contributed by atoms with Crippen molar-refractivity contribution in [2.45, 2.75) is 26.2 Å². The molecule has 0 amide bonds. The van der Waals surface area contributed by atoms with Crippen LogP contribution < -0.4 is 4.90 Å². The van der Waals surface area contributed by atoms with Crippen LogP contribution in [0.4, 0.5) is 17.1 Å². The molecule has 0 unspecified atom stereocenters. The van der Waals surface area contributed by atoms with Crippen molar-refractivity contribution in [3.8, 4) is 44.8 Å². The molecule has 2 aromatic heterocycles. The average molecular weight is 694 g/mol. The quantitative estimate of drug-likeness (QED) is 0.173. The molecule has 0 saturated heterocycles. The van der Waals surface area contributed by atoms with E-state index in [-0.39, 0.29) is 5.41 Å². The summed E-state index contributed by atoms with van der Waals surface area (Å²) < 4.78 is 2.16. The van der Waals surface area contributed by atoms with Crippen molar-refractivity contribution in [3.05, 3.63) is 199 Å². The summed E-state index contributed by atoms with van der Waals surface area (Å²) in [4.78, 5) is 2.42. The second-order valence-corrected chi connectivity index (χ2v) is 14.9. The van der Waals surface area contributed by atoms with Gasteiger partial charge in [-0.2, -0.15) is 5.10 Å². The minimum atomic E-state index is -0.114. The first-order valence-electron chi connectivity index (χ1n) is 18.7. The van der Waals surface area contributed by atoms with Gasteiger partial charge in [0.1, 0.15) is 0 Å². The number of fused-ring (bicyclic) bond motifs is 6. The zero-order valence-electron chi connectivity index (χ0n) is 30.7. The Morgan fingerprint density at radius 1 is 0.481 bits per heavy atom. The van der Waals surface area contributed by atoms with Crippen LogP contribution in [0.3, 0.4) is 0 Å². The summed E-state index contributed by atoms with van der Waals surface area (Å²) in [5, 5.41) is 7.66. The van der Waals surface area contributed by atoms with Gasteiger partial charge in [0.15, 0.2) is 0 Å². The van der Waals surface area contributed by atoms with Crippen LogP contribution in [0.5, 0.6) is 0 Å². The monoisotopic (exact) mass is 693 g/mol. The smallest absolute Gasteiger partial charge is 0.0963 e. The van der Waals surface area contributed by atoms with E-state index < -0.39 is 0 Å². The van der Waals surface area contributed by atoms with Crippen LogP contribution >= 0.6 is 0 Å². The number of benzene rings is 7. The maximum absolute atomic E-state index is 5.32. The van der Waals surface area contributed by atoms with Crippen LogP contribution in [0.25, 0.3) is 61.1 Å². The lowest BCUT2D eigenvalue weighted by Gasteiger charge is -2.28. The van der Waals surface area contributed by atoms with E-state index in [2.05, 4.69) is 212 Å². The predicted molar refractivity (Wildman–Crippen MR) is 226 cm³/mol. The van der Waals surface area contributed by atoms with Gasteiger partial charge in [-0.05, 0) is 88.2 Å². The fourth-order valence-electron chi connectivity index (χ4n) is 8.61. The van der Waals surface area contributed by atoms with E-state index in [1.807, 2.05) is 0 Å². The van der Waals surface area contributed by atoms with E-state index in [4.69, 9.17) is 5.10 Å². The molecule has 0 aliphatic heterocycles. The predicted octanol–water partition coefficient (Wildman–Crippen LogP) is 13.6. The van der Waals surface area contributed by atoms with Crippen molar-refractivity contribution >= 4 is 33.4 Å². The van der Waals surface area contributed by atoms with Crippen LogP contribution in [0, 0.1) is 6.92 Å². The highest BCUT2D eigenvalue weighted by Gasteiger charge is 2.35. The Labute approximate surface area is 316 Å². The Hall–Kier alpha value is -6.71. The molecule has 3 heteroatoms. The number of nitrogens with zero attached hydrogens (tertiary/aromatic N) is 3. The van der Waals surface area contributed by atoms with Crippen LogP contribution in [-0.2, 0) is 5.41 Å². The Morgan fingerprint density at radius 2 is 1.04 bits per heavy atom. The highest BCUT2D eigenvalue weighted by atomic mass is 15.2. The third kappa shape index (κ3) is 5.08. The number of aromatic nitrogens is 2. The lowest BCUT2D eigenvalue weighted by atomic mass is 9.82. The standard InChI is InChI=1S/C51H39N3/c1-34-49(38-19-11-6-12-20-38)52-54-48(37-17-9-5-10-18-37)31-39-25-28-41(32-45(39)50(34)54)53(40-26-23-36(24-27-40)35-15-7-4-8-16-35)42-29-30-44-43-21-13-14-22-46(43)51(2,3)47(44)33-42/h4-33H,1-3H3. The normalized spacial score (nSPS) is 12.9. The third-order valence-electron chi connectivity index (χ3n) is 11.4. The van der Waals surface area contributed by atoms with Gasteiger partial charge in [0.05, 0.1) is 16.9 Å². The van der Waals surface area contributed by atoms with Crippen molar-refractivity contribution in [2.75, 3.05) is 4.90 Å². The summed E-state index contributed by atoms with van der Waals surface area (Å²) in [6.07, 6.45) is 0. The molecule has 0 spiro atoms. The van der Waals surface area contributed by atoms with Gasteiger partial charge < -0.3 is 4.90 Å². The minimum Gasteiger partial charge on any atom is -0.310 e. The zero-order chi connectivity index (χ0) is 36.4. The Morgan fingerprint density at radius 3 is 1.76 bits per heavy atom. The molecule has 3 nitrogen and oxygen atoms in total. The first-order chi connectivity index (χ1) is 26.5. The Kier molecular flexibility index (Phi) is 7.38. The molecule has 0 fully saturated rings. The van der Waals surface area contributed by atoms with Crippen molar-refractivity contribution in [1.29, 1.82) is 0 Å². The summed E-state index contributed by atoms with van der Waals surface area (Å²) in [6.45, 7) is 6.92. The summed E-state index contributed by atoms with van der Waals surface area (Å²) in [6, 6.07) is 65.8. The van der Waals surface area contributed by atoms with Gasteiger partial charge in [0.25, 0.3) is 0 Å². The van der Waals surface area contributed by atoms with Gasteiger partial charge in [0.2, 0.25) is 0 Å². The largest absolute Gasteiger partial charge is 0.310 e. The molecule has 2 heterocycles. The summed E-state index contributed by atoms with van der Waals surface area (Å²) in [7, 11) is 0. The second kappa shape index (κ2) is 12.5. The Balaban J connectivity index is 1.20. The first kappa shape index (κ1) is 32.0. The fourth-order valence-corrected chi connectivity index (χ4v) is 8.61. The third-order valence-corrected chi connectivity index (χ3v) is 11.4. The van der Waals surface area contributed by atoms with Crippen LogP contribution in [0.15, 0.2) is 182 Å². The number of anilines is 3. The topological polar surface area (TPSA) is 20.5 Å². The molecule has 1 aliphatic carbocycles. The number of pyridine rings is 1. The van der Waals surface area contributed by atoms with E-state index >= 15 is 0 Å². The second-order valence-electron chi connectivity index (χ2n) is 14.9. The maximum atomic E-state index is 5.32. The molecule has 258 valence electrons. The van der Waals surface area contributed by atoms with Crippen LogP contribution in [0.2, 0.25) is 0 Å². The Bertz CT molecular complexity index is 2830. The molecule has 0 saturated carbocycles. The molecule has 10 rings (SSSR count). The molecule has 0 bridgehead atoms. The van der Waals surface area contributed by atoms with Gasteiger partial charge in [-0.15, -0.1) is 0 Å². The van der Waals surface area contributed by atoms with E-state index in [1.165, 1.54) is 44.2 Å². The molecule has 54 heavy (non-hydrogen) atoms. The highest BCUT2D eigenvalue weighted by Crippen LogP contribution is 2.51. The van der Waals surface area contributed by atoms with Crippen LogP contribution in [-0.4, -0.2) is 9.61 Å². The van der Waals surface area contributed by atoms with E-state index in [0.29, 0.717) is 0 Å². The van der Waals surface area contributed by atoms with Gasteiger partial charge >= 0.3 is 0 Å². The molecule has 0 N–H and O–H groups in total. The van der Waals surface area contributed by atoms with Gasteiger partial charge in [-0.3, -0.25) is 0 Å². The maximum Gasteiger partial charge on any atom is 0.0963 e. The van der Waals surface area contributed by atoms with Gasteiger partial charge in [-0.25, -0.2) is 4.52 Å². The summed E-state index contributed by atoms with van der Waals surface area (Å²) >= 11 is 0. The van der Waals surface area contributed by atoms with Crippen molar-refractivity contribution < 1.29 is 0 Å². The zero-order valence-corrected chi connectivity index (χ0v) is 30.7. The average Bonchev–Trinajstić information content (AvgIpc) is 3.69. The van der Waals surface area contributed by atoms with E-state index in [1.54, 1.807) is 0 Å². The lowest BCUT2D eigenvalue weighted by Crippen LogP contribution is -2.16. The number of rotatable bonds is 6. The summed E-state index contributed by atoms with van der Waals surface area (Å²) in [5.41, 5.74) is 17.6. The minimum absolute atomic E-state index is 0.114. The lowest BCUT2D eigenvalue weighted by molar-refractivity contribution is 0.660.